The lowest BCUT2D eigenvalue weighted by Crippen LogP contribution is -2.27. The molecule has 1 aromatic rings. The van der Waals surface area contributed by atoms with Crippen LogP contribution in [0.5, 0.6) is 0 Å². The van der Waals surface area contributed by atoms with Gasteiger partial charge in [0.25, 0.3) is 0 Å². The fraction of sp³-hybridized carbons (Fsp3) is 0.619. The third-order valence-electron chi connectivity index (χ3n) is 4.94. The highest BCUT2D eigenvalue weighted by Gasteiger charge is 2.31. The van der Waals surface area contributed by atoms with E-state index in [9.17, 15) is 14.7 Å². The summed E-state index contributed by atoms with van der Waals surface area (Å²) in [5, 5.41) is 9.48. The van der Waals surface area contributed by atoms with E-state index in [0.29, 0.717) is 19.3 Å². The summed E-state index contributed by atoms with van der Waals surface area (Å²) in [4.78, 5) is 24.0. The highest BCUT2D eigenvalue weighted by molar-refractivity contribution is 7.00. The Bertz CT molecular complexity index is 589. The van der Waals surface area contributed by atoms with Gasteiger partial charge >= 0.3 is 5.97 Å². The summed E-state index contributed by atoms with van der Waals surface area (Å²) in [6.45, 7) is 9.92. The number of rotatable bonds is 10. The molecule has 0 spiro atoms. The molecule has 146 valence electrons. The number of ketones is 1. The standard InChI is InChI=1S/C21H32O3.HOP/c1-6-7-11-21(5,20(23)24)12-9-8-10-18(22)19-16(3)13-15(2)14-17(19)4;1-2/h13-14H,6-12H2,1-5H3,(H,23,24);2H. The molecule has 1 rings (SSSR count). The molecule has 0 aromatic heterocycles. The molecule has 1 N–H and O–H groups in total. The maximum absolute atomic E-state index is 12.5. The number of carboxylic acids is 1. The molecule has 0 aliphatic rings. The van der Waals surface area contributed by atoms with E-state index in [1.807, 2.05) is 39.8 Å². The molecule has 0 aliphatic carbocycles. The van der Waals surface area contributed by atoms with Gasteiger partial charge in [-0.15, -0.1) is 0 Å². The van der Waals surface area contributed by atoms with Crippen LogP contribution in [0, 0.1) is 26.2 Å². The molecule has 0 radical (unpaired) electrons. The highest BCUT2D eigenvalue weighted by atomic mass is 31.0. The van der Waals surface area contributed by atoms with Gasteiger partial charge in [0.1, 0.15) is 9.12 Å². The molecule has 0 heterocycles. The zero-order valence-corrected chi connectivity index (χ0v) is 17.8. The molecule has 26 heavy (non-hydrogen) atoms. The van der Waals surface area contributed by atoms with Crippen molar-refractivity contribution in [3.8, 4) is 0 Å². The lowest BCUT2D eigenvalue weighted by Gasteiger charge is -2.24. The number of hydrogen-bond acceptors (Lipinski definition) is 3. The largest absolute Gasteiger partial charge is 0.481 e. The number of unbranched alkanes of at least 4 members (excludes halogenated alkanes) is 2. The smallest absolute Gasteiger partial charge is 0.309 e. The third-order valence-corrected chi connectivity index (χ3v) is 4.94. The average Bonchev–Trinajstić information content (AvgIpc) is 2.57. The summed E-state index contributed by atoms with van der Waals surface area (Å²) in [5.41, 5.74) is 3.43. The van der Waals surface area contributed by atoms with Crippen molar-refractivity contribution < 1.29 is 19.3 Å². The number of carbonyl (C=O) groups excluding carboxylic acids is 1. The van der Waals surface area contributed by atoms with Crippen molar-refractivity contribution in [1.82, 2.24) is 0 Å². The van der Waals surface area contributed by atoms with Crippen LogP contribution in [0.1, 0.15) is 85.8 Å². The molecular formula is C21H33O4P. The van der Waals surface area contributed by atoms with Crippen molar-refractivity contribution in [2.75, 3.05) is 0 Å². The Morgan fingerprint density at radius 1 is 1.00 bits per heavy atom. The summed E-state index contributed by atoms with van der Waals surface area (Å²) in [5.74, 6) is -0.539. The van der Waals surface area contributed by atoms with E-state index in [2.05, 4.69) is 6.92 Å². The summed E-state index contributed by atoms with van der Waals surface area (Å²) < 4.78 is 8.06. The normalized spacial score (nSPS) is 12.7. The zero-order chi connectivity index (χ0) is 20.3. The van der Waals surface area contributed by atoms with E-state index in [4.69, 9.17) is 4.57 Å². The molecule has 1 aromatic carbocycles. The van der Waals surface area contributed by atoms with Gasteiger partial charge in [-0.3, -0.25) is 14.2 Å². The van der Waals surface area contributed by atoms with Crippen molar-refractivity contribution >= 4 is 20.9 Å². The van der Waals surface area contributed by atoms with Gasteiger partial charge in [0.2, 0.25) is 0 Å². The first kappa shape index (κ1) is 24.5. The van der Waals surface area contributed by atoms with Gasteiger partial charge in [0, 0.05) is 12.0 Å². The van der Waals surface area contributed by atoms with Crippen LogP contribution >= 0.6 is 9.12 Å². The highest BCUT2D eigenvalue weighted by Crippen LogP contribution is 2.31. The maximum Gasteiger partial charge on any atom is 0.309 e. The molecule has 4 nitrogen and oxygen atoms in total. The van der Waals surface area contributed by atoms with Gasteiger partial charge in [0.15, 0.2) is 5.78 Å². The first-order valence-corrected chi connectivity index (χ1v) is 9.67. The molecule has 1 atom stereocenters. The minimum atomic E-state index is -0.715. The van der Waals surface area contributed by atoms with Crippen LogP contribution in [0.3, 0.4) is 0 Å². The molecular weight excluding hydrogens is 347 g/mol. The van der Waals surface area contributed by atoms with Crippen LogP contribution in [0.2, 0.25) is 0 Å². The number of hydrogen-bond donors (Lipinski definition) is 1. The Labute approximate surface area is 160 Å². The van der Waals surface area contributed by atoms with Crippen LogP contribution in [0.4, 0.5) is 0 Å². The molecule has 0 aliphatic heterocycles. The van der Waals surface area contributed by atoms with Crippen molar-refractivity contribution in [2.24, 2.45) is 5.41 Å². The van der Waals surface area contributed by atoms with Crippen molar-refractivity contribution in [1.29, 1.82) is 0 Å². The van der Waals surface area contributed by atoms with Gasteiger partial charge in [-0.2, -0.15) is 0 Å². The second-order valence-electron chi connectivity index (χ2n) is 7.37. The molecule has 5 heteroatoms. The predicted molar refractivity (Wildman–Crippen MR) is 108 cm³/mol. The number of aryl methyl sites for hydroxylation is 3. The lowest BCUT2D eigenvalue weighted by molar-refractivity contribution is -0.149. The fourth-order valence-electron chi connectivity index (χ4n) is 3.45. The van der Waals surface area contributed by atoms with E-state index in [1.165, 1.54) is 5.56 Å². The number of Topliss-reactive ketones (excluding diaryl/α,β-unsaturated/α-hetero) is 1. The van der Waals surface area contributed by atoms with Gasteiger partial charge < -0.3 is 5.11 Å². The first-order chi connectivity index (χ1) is 12.2. The number of benzene rings is 1. The van der Waals surface area contributed by atoms with Crippen molar-refractivity contribution in [3.63, 3.8) is 0 Å². The Morgan fingerprint density at radius 3 is 1.96 bits per heavy atom. The first-order valence-electron chi connectivity index (χ1n) is 9.26. The zero-order valence-electron chi connectivity index (χ0n) is 16.8. The Morgan fingerprint density at radius 2 is 1.50 bits per heavy atom. The number of carboxylic acid groups (broad SMARTS) is 1. The van der Waals surface area contributed by atoms with Gasteiger partial charge in [-0.1, -0.05) is 43.9 Å². The SMILES string of the molecule is CCCCC(C)(CCCCC(=O)c1c(C)cc(C)cc1C)C(=O)O.O=P. The van der Waals surface area contributed by atoms with E-state index >= 15 is 0 Å². The lowest BCUT2D eigenvalue weighted by atomic mass is 9.80. The minimum absolute atomic E-state index is 0.176. The molecule has 1 unspecified atom stereocenters. The number of carbonyl (C=O) groups is 2. The monoisotopic (exact) mass is 380 g/mol. The number of aliphatic carboxylic acids is 1. The molecule has 0 amide bonds. The predicted octanol–water partition coefficient (Wildman–Crippen LogP) is 6.11. The average molecular weight is 380 g/mol. The Kier molecular flexibility index (Phi) is 11.2. The molecule has 0 saturated carbocycles. The summed E-state index contributed by atoms with van der Waals surface area (Å²) in [6.07, 6.45) is 5.32. The van der Waals surface area contributed by atoms with E-state index in [0.717, 1.165) is 42.4 Å². The second kappa shape index (κ2) is 12.0. The topological polar surface area (TPSA) is 71.4 Å². The third kappa shape index (κ3) is 7.37. The fourth-order valence-corrected chi connectivity index (χ4v) is 3.45. The van der Waals surface area contributed by atoms with E-state index in [-0.39, 0.29) is 5.78 Å². The summed E-state index contributed by atoms with van der Waals surface area (Å²) >= 11 is 0. The Balaban J connectivity index is 0.00000301. The maximum atomic E-state index is 12.5. The van der Waals surface area contributed by atoms with Crippen LogP contribution in [0.15, 0.2) is 12.1 Å². The van der Waals surface area contributed by atoms with Crippen LogP contribution < -0.4 is 0 Å². The molecule has 0 saturated heterocycles. The molecule has 0 bridgehead atoms. The van der Waals surface area contributed by atoms with E-state index in [1.54, 1.807) is 9.12 Å². The van der Waals surface area contributed by atoms with E-state index < -0.39 is 11.4 Å². The Hall–Kier alpha value is -1.54. The summed E-state index contributed by atoms with van der Waals surface area (Å²) in [6, 6.07) is 4.10. The van der Waals surface area contributed by atoms with Gasteiger partial charge in [0.05, 0.1) is 5.41 Å². The molecule has 0 fully saturated rings. The van der Waals surface area contributed by atoms with Crippen molar-refractivity contribution in [3.05, 3.63) is 34.4 Å². The van der Waals surface area contributed by atoms with Crippen LogP contribution in [0.25, 0.3) is 0 Å². The quantitative estimate of drug-likeness (QED) is 0.302. The minimum Gasteiger partial charge on any atom is -0.481 e. The van der Waals surface area contributed by atoms with Crippen LogP contribution in [-0.4, -0.2) is 16.9 Å². The van der Waals surface area contributed by atoms with Gasteiger partial charge in [-0.25, -0.2) is 0 Å². The second-order valence-corrected chi connectivity index (χ2v) is 7.37. The van der Waals surface area contributed by atoms with Crippen LogP contribution in [-0.2, 0) is 9.36 Å². The summed E-state index contributed by atoms with van der Waals surface area (Å²) in [7, 11) is 1.72. The van der Waals surface area contributed by atoms with Gasteiger partial charge in [-0.05, 0) is 58.1 Å². The van der Waals surface area contributed by atoms with Crippen molar-refractivity contribution in [2.45, 2.75) is 79.6 Å².